The molecule has 3 heterocycles. The predicted octanol–water partition coefficient (Wildman–Crippen LogP) is 4.45. The normalized spacial score (nSPS) is 25.5. The van der Waals surface area contributed by atoms with Crippen molar-refractivity contribution in [3.63, 3.8) is 0 Å². The summed E-state index contributed by atoms with van der Waals surface area (Å²) in [6.07, 6.45) is -2.05. The Kier molecular flexibility index (Phi) is 4.66. The highest BCUT2D eigenvalue weighted by Gasteiger charge is 2.39. The van der Waals surface area contributed by atoms with E-state index in [1.807, 2.05) is 13.8 Å². The van der Waals surface area contributed by atoms with Gasteiger partial charge in [-0.05, 0) is 33.6 Å². The van der Waals surface area contributed by atoms with Gasteiger partial charge in [0.05, 0.1) is 5.56 Å². The third-order valence-corrected chi connectivity index (χ3v) is 5.02. The van der Waals surface area contributed by atoms with Gasteiger partial charge in [0.15, 0.2) is 0 Å². The summed E-state index contributed by atoms with van der Waals surface area (Å²) in [5.41, 5.74) is -0.461. The molecule has 1 aliphatic rings. The number of halogens is 3. The molecule has 3 atom stereocenters. The highest BCUT2D eigenvalue weighted by Crippen LogP contribution is 2.39. The number of nitrogens with zero attached hydrogens (tertiary/aromatic N) is 3. The van der Waals surface area contributed by atoms with Crippen molar-refractivity contribution in [3.8, 4) is 0 Å². The third-order valence-electron chi connectivity index (χ3n) is 5.02. The molecular formula is C17H22F3N3O2. The molecule has 2 aromatic heterocycles. The summed E-state index contributed by atoms with van der Waals surface area (Å²) in [5, 5.41) is 7.97. The number of aryl methyl sites for hydroxylation is 2. The molecule has 1 fully saturated rings. The van der Waals surface area contributed by atoms with Crippen LogP contribution in [0.15, 0.2) is 15.1 Å². The monoisotopic (exact) mass is 357 g/mol. The summed E-state index contributed by atoms with van der Waals surface area (Å²) >= 11 is 0. The second-order valence-corrected chi connectivity index (χ2v) is 6.88. The molecule has 0 radical (unpaired) electrons. The van der Waals surface area contributed by atoms with Crippen LogP contribution >= 0.6 is 0 Å². The second-order valence-electron chi connectivity index (χ2n) is 6.88. The number of furan rings is 1. The summed E-state index contributed by atoms with van der Waals surface area (Å²) in [5.74, 6) is 1.60. The van der Waals surface area contributed by atoms with Crippen molar-refractivity contribution in [2.24, 2.45) is 0 Å². The van der Waals surface area contributed by atoms with Gasteiger partial charge in [-0.2, -0.15) is 13.2 Å². The van der Waals surface area contributed by atoms with Gasteiger partial charge in [-0.15, -0.1) is 10.2 Å². The van der Waals surface area contributed by atoms with Crippen molar-refractivity contribution in [1.29, 1.82) is 0 Å². The maximum absolute atomic E-state index is 13.2. The summed E-state index contributed by atoms with van der Waals surface area (Å²) in [6.45, 7) is 7.59. The number of alkyl halides is 3. The quantitative estimate of drug-likeness (QED) is 0.812. The zero-order valence-electron chi connectivity index (χ0n) is 14.7. The van der Waals surface area contributed by atoms with Crippen molar-refractivity contribution in [1.82, 2.24) is 15.1 Å². The lowest BCUT2D eigenvalue weighted by Crippen LogP contribution is -2.45. The minimum atomic E-state index is -4.40. The smallest absolute Gasteiger partial charge is 0.419 e. The Morgan fingerprint density at radius 2 is 1.80 bits per heavy atom. The van der Waals surface area contributed by atoms with Gasteiger partial charge in [0.25, 0.3) is 0 Å². The van der Waals surface area contributed by atoms with Gasteiger partial charge < -0.3 is 8.83 Å². The molecule has 0 amide bonds. The Morgan fingerprint density at radius 1 is 1.16 bits per heavy atom. The van der Waals surface area contributed by atoms with Crippen LogP contribution in [0, 0.1) is 13.8 Å². The first-order valence-corrected chi connectivity index (χ1v) is 8.36. The lowest BCUT2D eigenvalue weighted by Gasteiger charge is -2.41. The van der Waals surface area contributed by atoms with Gasteiger partial charge in [0, 0.05) is 37.0 Å². The number of aromatic nitrogens is 2. The van der Waals surface area contributed by atoms with E-state index in [0.717, 1.165) is 19.1 Å². The average molecular weight is 357 g/mol. The summed E-state index contributed by atoms with van der Waals surface area (Å²) < 4.78 is 50.2. The van der Waals surface area contributed by atoms with E-state index in [2.05, 4.69) is 15.1 Å². The molecule has 138 valence electrons. The third kappa shape index (κ3) is 3.58. The highest BCUT2D eigenvalue weighted by atomic mass is 19.4. The Balaban J connectivity index is 1.78. The maximum Gasteiger partial charge on any atom is 0.419 e. The first-order valence-electron chi connectivity index (χ1n) is 8.36. The lowest BCUT2D eigenvalue weighted by molar-refractivity contribution is -0.138. The molecule has 0 aliphatic carbocycles. The van der Waals surface area contributed by atoms with Gasteiger partial charge >= 0.3 is 6.18 Å². The molecule has 25 heavy (non-hydrogen) atoms. The van der Waals surface area contributed by atoms with E-state index in [0.29, 0.717) is 17.5 Å². The topological polar surface area (TPSA) is 55.3 Å². The predicted molar refractivity (Wildman–Crippen MR) is 83.9 cm³/mol. The van der Waals surface area contributed by atoms with Crippen LogP contribution in [0.4, 0.5) is 13.2 Å². The number of rotatable bonds is 3. The van der Waals surface area contributed by atoms with Crippen LogP contribution in [-0.2, 0) is 12.7 Å². The average Bonchev–Trinajstić information content (AvgIpc) is 3.08. The molecule has 3 rings (SSSR count). The summed E-state index contributed by atoms with van der Waals surface area (Å²) in [7, 11) is 0. The molecular weight excluding hydrogens is 335 g/mol. The standard InChI is InChI=1S/C17H22F3N3O2/c1-9-5-13(16-22-21-12(4)25-16)6-10(2)23(9)7-14-11(3)24-8-15(14)17(18,19)20/h8-10,13H,5-7H2,1-4H3/t9-,10+,13?. The molecule has 0 N–H and O–H groups in total. The Bertz CT molecular complexity index is 726. The van der Waals surface area contributed by atoms with Crippen LogP contribution in [0.3, 0.4) is 0 Å². The molecule has 0 saturated carbocycles. The highest BCUT2D eigenvalue weighted by molar-refractivity contribution is 5.30. The van der Waals surface area contributed by atoms with Crippen molar-refractivity contribution in [2.75, 3.05) is 0 Å². The largest absolute Gasteiger partial charge is 0.469 e. The summed E-state index contributed by atoms with van der Waals surface area (Å²) in [4.78, 5) is 2.09. The van der Waals surface area contributed by atoms with Gasteiger partial charge in [0.1, 0.15) is 12.0 Å². The van der Waals surface area contributed by atoms with E-state index in [1.165, 1.54) is 0 Å². The zero-order chi connectivity index (χ0) is 18.4. The fourth-order valence-corrected chi connectivity index (χ4v) is 3.71. The molecule has 5 nitrogen and oxygen atoms in total. The summed E-state index contributed by atoms with van der Waals surface area (Å²) in [6, 6.07) is 0.188. The van der Waals surface area contributed by atoms with E-state index in [4.69, 9.17) is 8.83 Å². The molecule has 2 aromatic rings. The molecule has 1 aliphatic heterocycles. The maximum atomic E-state index is 13.2. The van der Waals surface area contributed by atoms with Crippen molar-refractivity contribution >= 4 is 0 Å². The zero-order valence-corrected chi connectivity index (χ0v) is 14.7. The van der Waals surface area contributed by atoms with Crippen molar-refractivity contribution in [3.05, 3.63) is 34.9 Å². The van der Waals surface area contributed by atoms with Crippen LogP contribution in [0.5, 0.6) is 0 Å². The van der Waals surface area contributed by atoms with Crippen LogP contribution in [0.1, 0.15) is 61.3 Å². The fourth-order valence-electron chi connectivity index (χ4n) is 3.71. The van der Waals surface area contributed by atoms with Crippen LogP contribution < -0.4 is 0 Å². The van der Waals surface area contributed by atoms with Crippen LogP contribution in [0.2, 0.25) is 0 Å². The van der Waals surface area contributed by atoms with E-state index >= 15 is 0 Å². The van der Waals surface area contributed by atoms with Crippen LogP contribution in [-0.4, -0.2) is 27.2 Å². The Morgan fingerprint density at radius 3 is 2.32 bits per heavy atom. The molecule has 8 heteroatoms. The van der Waals surface area contributed by atoms with E-state index in [9.17, 15) is 13.2 Å². The molecule has 1 saturated heterocycles. The van der Waals surface area contributed by atoms with E-state index in [-0.39, 0.29) is 30.1 Å². The lowest BCUT2D eigenvalue weighted by atomic mass is 9.86. The van der Waals surface area contributed by atoms with Gasteiger partial charge in [-0.1, -0.05) is 0 Å². The van der Waals surface area contributed by atoms with Gasteiger partial charge in [-0.3, -0.25) is 4.90 Å². The van der Waals surface area contributed by atoms with Crippen LogP contribution in [0.25, 0.3) is 0 Å². The minimum Gasteiger partial charge on any atom is -0.469 e. The molecule has 0 bridgehead atoms. The number of likely N-dealkylation sites (tertiary alicyclic amines) is 1. The van der Waals surface area contributed by atoms with E-state index < -0.39 is 11.7 Å². The second kappa shape index (κ2) is 6.48. The Labute approximate surface area is 144 Å². The molecule has 1 unspecified atom stereocenters. The van der Waals surface area contributed by atoms with Crippen molar-refractivity contribution < 1.29 is 22.0 Å². The first kappa shape index (κ1) is 18.0. The van der Waals surface area contributed by atoms with Gasteiger partial charge in [-0.25, -0.2) is 0 Å². The first-order chi connectivity index (χ1) is 11.7. The van der Waals surface area contributed by atoms with E-state index in [1.54, 1.807) is 13.8 Å². The SMILES string of the molecule is Cc1nnc(C2C[C@@H](C)N(Cc3c(C(F)(F)F)coc3C)[C@@H](C)C2)o1. The number of hydrogen-bond donors (Lipinski definition) is 0. The number of hydrogen-bond acceptors (Lipinski definition) is 5. The molecule has 0 spiro atoms. The molecule has 0 aromatic carbocycles. The Hall–Kier alpha value is -1.83. The number of piperidine rings is 1. The van der Waals surface area contributed by atoms with Crippen molar-refractivity contribution in [2.45, 2.75) is 71.3 Å². The van der Waals surface area contributed by atoms with Gasteiger partial charge in [0.2, 0.25) is 11.8 Å². The fraction of sp³-hybridized carbons (Fsp3) is 0.647. The minimum absolute atomic E-state index is 0.0938.